The molecule has 0 atom stereocenters. The molecule has 112 valence electrons. The number of sulfonamides is 1. The number of carboxylic acids is 1. The third kappa shape index (κ3) is 4.88. The second-order valence-electron chi connectivity index (χ2n) is 4.31. The van der Waals surface area contributed by atoms with E-state index in [1.54, 1.807) is 24.4 Å². The van der Waals surface area contributed by atoms with Crippen molar-refractivity contribution in [2.45, 2.75) is 13.0 Å². The van der Waals surface area contributed by atoms with Crippen molar-refractivity contribution in [2.75, 3.05) is 10.5 Å². The topological polar surface area (TPSA) is 114 Å². The van der Waals surface area contributed by atoms with Crippen molar-refractivity contribution < 1.29 is 18.3 Å². The average molecular weight is 310 g/mol. The Balaban J connectivity index is 1.94. The Hall–Kier alpha value is -2.42. The third-order valence-corrected chi connectivity index (χ3v) is 3.85. The summed E-state index contributed by atoms with van der Waals surface area (Å²) in [5.74, 6) is -1.17. The number of carboxylic acid groups (broad SMARTS) is 1. The Kier molecular flexibility index (Phi) is 4.53. The van der Waals surface area contributed by atoms with Crippen molar-refractivity contribution in [3.8, 4) is 0 Å². The summed E-state index contributed by atoms with van der Waals surface area (Å²) >= 11 is 0. The van der Waals surface area contributed by atoms with E-state index in [-0.39, 0.29) is 18.0 Å². The van der Waals surface area contributed by atoms with E-state index in [4.69, 9.17) is 5.11 Å². The van der Waals surface area contributed by atoms with Gasteiger partial charge < -0.3 is 5.11 Å². The van der Waals surface area contributed by atoms with Crippen LogP contribution in [-0.4, -0.2) is 40.0 Å². The second-order valence-corrected chi connectivity index (χ2v) is 6.15. The highest BCUT2D eigenvalue weighted by molar-refractivity contribution is 7.92. The van der Waals surface area contributed by atoms with Crippen LogP contribution in [0.3, 0.4) is 0 Å². The minimum atomic E-state index is -3.54. The van der Waals surface area contributed by atoms with Gasteiger partial charge in [-0.1, -0.05) is 6.07 Å². The summed E-state index contributed by atoms with van der Waals surface area (Å²) in [5, 5.41) is 12.4. The monoisotopic (exact) mass is 310 g/mol. The molecule has 0 aliphatic heterocycles. The molecule has 2 N–H and O–H groups in total. The molecule has 9 heteroatoms. The zero-order valence-corrected chi connectivity index (χ0v) is 11.8. The number of aliphatic carboxylic acids is 1. The van der Waals surface area contributed by atoms with Crippen LogP contribution < -0.4 is 4.72 Å². The minimum absolute atomic E-state index is 0.117. The molecule has 0 fully saturated rings. The van der Waals surface area contributed by atoms with Crippen LogP contribution in [0.1, 0.15) is 5.69 Å². The second kappa shape index (κ2) is 6.35. The van der Waals surface area contributed by atoms with E-state index in [9.17, 15) is 13.2 Å². The fourth-order valence-corrected chi connectivity index (χ4v) is 2.70. The zero-order chi connectivity index (χ0) is 15.3. The summed E-state index contributed by atoms with van der Waals surface area (Å²) in [4.78, 5) is 14.6. The van der Waals surface area contributed by atoms with E-state index in [1.165, 1.54) is 12.4 Å². The van der Waals surface area contributed by atoms with Crippen molar-refractivity contribution in [1.82, 2.24) is 14.8 Å². The highest BCUT2D eigenvalue weighted by Gasteiger charge is 2.13. The molecule has 21 heavy (non-hydrogen) atoms. The lowest BCUT2D eigenvalue weighted by Gasteiger charge is -2.05. The van der Waals surface area contributed by atoms with Gasteiger partial charge in [-0.2, -0.15) is 5.10 Å². The largest absolute Gasteiger partial charge is 0.480 e. The minimum Gasteiger partial charge on any atom is -0.480 e. The smallest absolute Gasteiger partial charge is 0.325 e. The highest BCUT2D eigenvalue weighted by atomic mass is 32.2. The van der Waals surface area contributed by atoms with Gasteiger partial charge in [-0.05, 0) is 12.1 Å². The molecule has 0 aliphatic rings. The zero-order valence-electron chi connectivity index (χ0n) is 11.0. The molecular weight excluding hydrogens is 296 g/mol. The van der Waals surface area contributed by atoms with Crippen molar-refractivity contribution in [3.63, 3.8) is 0 Å². The lowest BCUT2D eigenvalue weighted by molar-refractivity contribution is -0.137. The van der Waals surface area contributed by atoms with Crippen LogP contribution in [0, 0.1) is 0 Å². The van der Waals surface area contributed by atoms with Gasteiger partial charge in [-0.15, -0.1) is 0 Å². The van der Waals surface area contributed by atoms with Crippen LogP contribution in [0.4, 0.5) is 5.69 Å². The summed E-state index contributed by atoms with van der Waals surface area (Å²) in [5.41, 5.74) is 0.918. The Morgan fingerprint density at radius 2 is 2.19 bits per heavy atom. The summed E-state index contributed by atoms with van der Waals surface area (Å²) in [6, 6.07) is 5.30. The number of nitrogens with one attached hydrogen (secondary N) is 1. The van der Waals surface area contributed by atoms with Crippen LogP contribution >= 0.6 is 0 Å². The molecule has 2 heterocycles. The van der Waals surface area contributed by atoms with E-state index in [0.29, 0.717) is 12.1 Å². The Bertz CT molecular complexity index is 712. The number of hydrogen-bond acceptors (Lipinski definition) is 5. The predicted octanol–water partition coefficient (Wildman–Crippen LogP) is 0.347. The maximum atomic E-state index is 11.9. The van der Waals surface area contributed by atoms with Gasteiger partial charge in [0.05, 0.1) is 17.6 Å². The lowest BCUT2D eigenvalue weighted by atomic mass is 10.3. The van der Waals surface area contributed by atoms with Crippen molar-refractivity contribution in [2.24, 2.45) is 0 Å². The number of pyridine rings is 1. The van der Waals surface area contributed by atoms with E-state index in [2.05, 4.69) is 14.8 Å². The van der Waals surface area contributed by atoms with Crippen LogP contribution in [0.2, 0.25) is 0 Å². The van der Waals surface area contributed by atoms with Crippen LogP contribution in [0.25, 0.3) is 0 Å². The summed E-state index contributed by atoms with van der Waals surface area (Å²) in [6.07, 6.45) is 4.48. The summed E-state index contributed by atoms with van der Waals surface area (Å²) < 4.78 is 27.3. The molecule has 0 radical (unpaired) electrons. The van der Waals surface area contributed by atoms with Gasteiger partial charge >= 0.3 is 5.97 Å². The maximum Gasteiger partial charge on any atom is 0.325 e. The Morgan fingerprint density at radius 1 is 1.38 bits per heavy atom. The quantitative estimate of drug-likeness (QED) is 0.762. The van der Waals surface area contributed by atoms with Crippen LogP contribution in [0.15, 0.2) is 36.8 Å². The molecule has 0 unspecified atom stereocenters. The first-order valence-electron chi connectivity index (χ1n) is 6.09. The molecule has 8 nitrogen and oxygen atoms in total. The molecule has 0 aliphatic carbocycles. The Labute approximate surface area is 121 Å². The van der Waals surface area contributed by atoms with Gasteiger partial charge in [0.15, 0.2) is 0 Å². The van der Waals surface area contributed by atoms with Crippen molar-refractivity contribution in [3.05, 3.63) is 42.5 Å². The molecule has 0 saturated carbocycles. The normalized spacial score (nSPS) is 11.2. The van der Waals surface area contributed by atoms with Gasteiger partial charge in [-0.25, -0.2) is 8.42 Å². The number of hydrogen-bond donors (Lipinski definition) is 2. The first-order valence-corrected chi connectivity index (χ1v) is 7.74. The van der Waals surface area contributed by atoms with Gasteiger partial charge in [0.25, 0.3) is 0 Å². The number of aromatic nitrogens is 3. The van der Waals surface area contributed by atoms with Crippen molar-refractivity contribution >= 4 is 21.7 Å². The number of carbonyl (C=O) groups is 1. The standard InChI is InChI=1S/C12H14N4O4S/c17-12(18)9-16-8-11(7-14-16)15-21(19,20)6-4-10-3-1-2-5-13-10/h1-3,5,7-8,15H,4,6,9H2,(H,17,18). The Morgan fingerprint density at radius 3 is 2.86 bits per heavy atom. The van der Waals surface area contributed by atoms with E-state index >= 15 is 0 Å². The lowest BCUT2D eigenvalue weighted by Crippen LogP contribution is -2.18. The van der Waals surface area contributed by atoms with Crippen LogP contribution in [-0.2, 0) is 27.8 Å². The van der Waals surface area contributed by atoms with Gasteiger partial charge in [0.1, 0.15) is 6.54 Å². The molecule has 0 saturated heterocycles. The predicted molar refractivity (Wildman–Crippen MR) is 75.2 cm³/mol. The third-order valence-electron chi connectivity index (χ3n) is 2.56. The van der Waals surface area contributed by atoms with E-state index in [0.717, 1.165) is 4.68 Å². The summed E-state index contributed by atoms with van der Waals surface area (Å²) in [6.45, 7) is -0.324. The maximum absolute atomic E-state index is 11.9. The van der Waals surface area contributed by atoms with Gasteiger partial charge in [0.2, 0.25) is 10.0 Å². The van der Waals surface area contributed by atoms with Gasteiger partial charge in [0, 0.05) is 24.5 Å². The molecule has 2 aromatic heterocycles. The number of rotatable bonds is 7. The number of anilines is 1. The summed E-state index contributed by atoms with van der Waals surface area (Å²) in [7, 11) is -3.54. The molecule has 0 spiro atoms. The SMILES string of the molecule is O=C(O)Cn1cc(NS(=O)(=O)CCc2ccccn2)cn1. The fraction of sp³-hybridized carbons (Fsp3) is 0.250. The first kappa shape index (κ1) is 15.0. The van der Waals surface area contributed by atoms with Crippen molar-refractivity contribution in [1.29, 1.82) is 0 Å². The first-order chi connectivity index (χ1) is 9.94. The number of aryl methyl sites for hydroxylation is 1. The van der Waals surface area contributed by atoms with Gasteiger partial charge in [-0.3, -0.25) is 19.2 Å². The molecule has 2 aromatic rings. The van der Waals surface area contributed by atoms with E-state index < -0.39 is 16.0 Å². The van der Waals surface area contributed by atoms with E-state index in [1.807, 2.05) is 0 Å². The molecular formula is C12H14N4O4S. The number of nitrogens with zero attached hydrogens (tertiary/aromatic N) is 3. The molecule has 0 aromatic carbocycles. The molecule has 0 amide bonds. The fourth-order valence-electron chi connectivity index (χ4n) is 1.66. The van der Waals surface area contributed by atoms with Crippen LogP contribution in [0.5, 0.6) is 0 Å². The average Bonchev–Trinajstić information content (AvgIpc) is 2.83. The molecule has 2 rings (SSSR count). The highest BCUT2D eigenvalue weighted by Crippen LogP contribution is 2.09. The molecule has 0 bridgehead atoms.